The molecule has 0 bridgehead atoms. The molecule has 1 aliphatic rings. The minimum Gasteiger partial charge on any atom is -0.371 e. The average molecular weight is 503 g/mol. The molecule has 1 saturated carbocycles. The summed E-state index contributed by atoms with van der Waals surface area (Å²) in [5.41, 5.74) is 0.753. The van der Waals surface area contributed by atoms with Gasteiger partial charge in [0.15, 0.2) is 10.7 Å². The molecule has 0 aliphatic heterocycles. The van der Waals surface area contributed by atoms with Gasteiger partial charge in [0.1, 0.15) is 23.2 Å². The summed E-state index contributed by atoms with van der Waals surface area (Å²) in [5, 5.41) is 5.41. The Labute approximate surface area is 196 Å². The molecule has 7 nitrogen and oxygen atoms in total. The van der Waals surface area contributed by atoms with Crippen LogP contribution in [-0.2, 0) is 21.7 Å². The number of halogens is 4. The fourth-order valence-electron chi connectivity index (χ4n) is 3.87. The number of carbonyl (C=O) groups excluding carboxylic acids is 1. The van der Waals surface area contributed by atoms with Gasteiger partial charge in [-0.25, -0.2) is 17.8 Å². The number of benzene rings is 1. The van der Waals surface area contributed by atoms with Crippen LogP contribution >= 0.6 is 0 Å². The van der Waals surface area contributed by atoms with Crippen LogP contribution in [-0.4, -0.2) is 39.3 Å². The zero-order valence-electron chi connectivity index (χ0n) is 19.0. The molecule has 12 heteroatoms. The topological polar surface area (TPSA) is 91.4 Å². The van der Waals surface area contributed by atoms with Gasteiger partial charge in [-0.2, -0.15) is 13.2 Å². The molecule has 0 spiro atoms. The van der Waals surface area contributed by atoms with Crippen molar-refractivity contribution in [3.05, 3.63) is 52.5 Å². The number of rotatable bonds is 8. The molecular formula is C22H26F4N4O3S. The minimum atomic E-state index is -4.57. The van der Waals surface area contributed by atoms with Gasteiger partial charge in [0, 0.05) is 31.3 Å². The molecule has 2 unspecified atom stereocenters. The Morgan fingerprint density at radius 1 is 1.26 bits per heavy atom. The number of aromatic nitrogens is 1. The summed E-state index contributed by atoms with van der Waals surface area (Å²) < 4.78 is 75.3. The van der Waals surface area contributed by atoms with Crippen molar-refractivity contribution < 1.29 is 30.8 Å². The van der Waals surface area contributed by atoms with Crippen molar-refractivity contribution >= 4 is 28.1 Å². The second-order valence-electron chi connectivity index (χ2n) is 8.54. The van der Waals surface area contributed by atoms with E-state index >= 15 is 0 Å². The maximum absolute atomic E-state index is 14.6. The van der Waals surface area contributed by atoms with Crippen LogP contribution in [0.2, 0.25) is 0 Å². The molecule has 0 saturated heterocycles. The standard InChI is InChI=1S/C22H26F4N4O3S/c1-11-7-14(17(23)9-18(11)27-10-34(32)33)12(2)28-21(31)16-8-15(16)13-5-6-19(22(24,25)26)29-20(13)30(3)4/h5-7,9,12,15-16,27,34H,8,10H2,1-4H3,(H,28,31)/t12-,15?,16?/m1/s1. The lowest BCUT2D eigenvalue weighted by Gasteiger charge is -2.19. The molecule has 1 fully saturated rings. The third kappa shape index (κ3) is 5.78. The zero-order chi connectivity index (χ0) is 25.4. The molecule has 1 aliphatic carbocycles. The van der Waals surface area contributed by atoms with Gasteiger partial charge in [0.2, 0.25) is 5.91 Å². The van der Waals surface area contributed by atoms with Crippen molar-refractivity contribution in [2.75, 3.05) is 30.2 Å². The van der Waals surface area contributed by atoms with Gasteiger partial charge >= 0.3 is 6.18 Å². The van der Waals surface area contributed by atoms with Crippen LogP contribution in [0.5, 0.6) is 0 Å². The number of thiol groups is 1. The summed E-state index contributed by atoms with van der Waals surface area (Å²) in [6.45, 7) is 3.31. The molecule has 1 amide bonds. The van der Waals surface area contributed by atoms with Crippen LogP contribution in [0, 0.1) is 18.7 Å². The first-order valence-electron chi connectivity index (χ1n) is 10.5. The minimum absolute atomic E-state index is 0.160. The van der Waals surface area contributed by atoms with Gasteiger partial charge in [-0.1, -0.05) is 6.07 Å². The molecule has 3 atom stereocenters. The number of anilines is 2. The summed E-state index contributed by atoms with van der Waals surface area (Å²) in [6, 6.07) is 4.32. The van der Waals surface area contributed by atoms with Crippen molar-refractivity contribution in [1.82, 2.24) is 10.3 Å². The number of hydrogen-bond acceptors (Lipinski definition) is 6. The number of hydrogen-bond donors (Lipinski definition) is 3. The van der Waals surface area contributed by atoms with Gasteiger partial charge in [0.05, 0.1) is 6.04 Å². The number of alkyl halides is 3. The Hall–Kier alpha value is -2.89. The van der Waals surface area contributed by atoms with Crippen LogP contribution in [0.15, 0.2) is 24.3 Å². The van der Waals surface area contributed by atoms with E-state index in [1.807, 2.05) is 0 Å². The van der Waals surface area contributed by atoms with E-state index in [-0.39, 0.29) is 29.1 Å². The Kier molecular flexibility index (Phi) is 7.39. The Balaban J connectivity index is 1.72. The highest BCUT2D eigenvalue weighted by Crippen LogP contribution is 2.50. The summed E-state index contributed by atoms with van der Waals surface area (Å²) in [6.07, 6.45) is -4.12. The van der Waals surface area contributed by atoms with Crippen LogP contribution < -0.4 is 15.5 Å². The largest absolute Gasteiger partial charge is 0.433 e. The van der Waals surface area contributed by atoms with Gasteiger partial charge in [-0.3, -0.25) is 4.79 Å². The number of pyridine rings is 1. The van der Waals surface area contributed by atoms with Crippen molar-refractivity contribution in [3.8, 4) is 0 Å². The third-order valence-electron chi connectivity index (χ3n) is 5.71. The molecular weight excluding hydrogens is 476 g/mol. The second kappa shape index (κ2) is 9.77. The van der Waals surface area contributed by atoms with Crippen LogP contribution in [0.25, 0.3) is 0 Å². The van der Waals surface area contributed by atoms with Gasteiger partial charge in [-0.05, 0) is 55.5 Å². The van der Waals surface area contributed by atoms with Crippen molar-refractivity contribution in [2.24, 2.45) is 5.92 Å². The molecule has 1 heterocycles. The number of amides is 1. The average Bonchev–Trinajstić information content (AvgIpc) is 3.53. The van der Waals surface area contributed by atoms with Gasteiger partial charge in [0.25, 0.3) is 0 Å². The van der Waals surface area contributed by atoms with Crippen LogP contribution in [0.3, 0.4) is 0 Å². The first-order chi connectivity index (χ1) is 15.8. The van der Waals surface area contributed by atoms with Crippen molar-refractivity contribution in [1.29, 1.82) is 0 Å². The molecule has 2 aromatic rings. The van der Waals surface area contributed by atoms with E-state index in [2.05, 4.69) is 15.6 Å². The maximum Gasteiger partial charge on any atom is 0.433 e. The van der Waals surface area contributed by atoms with E-state index < -0.39 is 40.4 Å². The fraction of sp³-hybridized carbons (Fsp3) is 0.455. The summed E-state index contributed by atoms with van der Waals surface area (Å²) in [4.78, 5) is 18.0. The van der Waals surface area contributed by atoms with E-state index in [1.54, 1.807) is 27.9 Å². The monoisotopic (exact) mass is 502 g/mol. The molecule has 0 radical (unpaired) electrons. The Bertz CT molecular complexity index is 1160. The lowest BCUT2D eigenvalue weighted by molar-refractivity contribution is -0.141. The summed E-state index contributed by atoms with van der Waals surface area (Å²) >= 11 is 0. The first kappa shape index (κ1) is 25.7. The maximum atomic E-state index is 14.6. The lowest BCUT2D eigenvalue weighted by atomic mass is 10.0. The molecule has 1 aromatic carbocycles. The summed E-state index contributed by atoms with van der Waals surface area (Å²) in [7, 11) is 0.505. The zero-order valence-corrected chi connectivity index (χ0v) is 19.9. The van der Waals surface area contributed by atoms with Crippen LogP contribution in [0.1, 0.15) is 47.7 Å². The molecule has 34 heavy (non-hydrogen) atoms. The van der Waals surface area contributed by atoms with Crippen molar-refractivity contribution in [2.45, 2.75) is 38.4 Å². The van der Waals surface area contributed by atoms with E-state index in [0.717, 1.165) is 6.07 Å². The lowest BCUT2D eigenvalue weighted by Crippen LogP contribution is -2.29. The summed E-state index contributed by atoms with van der Waals surface area (Å²) in [5.74, 6) is -1.84. The highest BCUT2D eigenvalue weighted by atomic mass is 32.2. The quantitative estimate of drug-likeness (QED) is 0.378. The molecule has 3 rings (SSSR count). The van der Waals surface area contributed by atoms with E-state index in [1.165, 1.54) is 23.1 Å². The van der Waals surface area contributed by atoms with Gasteiger partial charge < -0.3 is 15.5 Å². The second-order valence-corrected chi connectivity index (χ2v) is 9.52. The Morgan fingerprint density at radius 2 is 1.94 bits per heavy atom. The molecule has 2 N–H and O–H groups in total. The third-order valence-corrected chi connectivity index (χ3v) is 6.13. The van der Waals surface area contributed by atoms with Crippen LogP contribution in [0.4, 0.5) is 29.1 Å². The van der Waals surface area contributed by atoms with Crippen molar-refractivity contribution in [3.63, 3.8) is 0 Å². The van der Waals surface area contributed by atoms with E-state index in [9.17, 15) is 30.8 Å². The highest BCUT2D eigenvalue weighted by Gasteiger charge is 2.46. The Morgan fingerprint density at radius 3 is 2.53 bits per heavy atom. The number of carbonyl (C=O) groups is 1. The van der Waals surface area contributed by atoms with E-state index in [0.29, 0.717) is 23.2 Å². The fourth-order valence-corrected chi connectivity index (χ4v) is 4.17. The first-order valence-corrected chi connectivity index (χ1v) is 11.9. The molecule has 186 valence electrons. The SMILES string of the molecule is Cc1cc([C@@H](C)NC(=O)C2CC2c2ccc(C(F)(F)F)nc2N(C)C)c(F)cc1NC[SH](=O)=O. The predicted molar refractivity (Wildman–Crippen MR) is 121 cm³/mol. The van der Waals surface area contributed by atoms with Gasteiger partial charge in [-0.15, -0.1) is 0 Å². The number of nitrogens with zero attached hydrogens (tertiary/aromatic N) is 2. The predicted octanol–water partition coefficient (Wildman–Crippen LogP) is 3.58. The highest BCUT2D eigenvalue weighted by molar-refractivity contribution is 7.72. The van der Waals surface area contributed by atoms with E-state index in [4.69, 9.17) is 0 Å². The number of aryl methyl sites for hydroxylation is 1. The number of nitrogens with one attached hydrogen (secondary N) is 2. The molecule has 1 aromatic heterocycles. The normalized spacial score (nSPS) is 18.5. The smallest absolute Gasteiger partial charge is 0.371 e.